The van der Waals surface area contributed by atoms with Crippen LogP contribution in [0.2, 0.25) is 0 Å². The van der Waals surface area contributed by atoms with Crippen LogP contribution in [0.4, 0.5) is 14.5 Å². The lowest BCUT2D eigenvalue weighted by atomic mass is 9.97. The summed E-state index contributed by atoms with van der Waals surface area (Å²) in [6.45, 7) is 5.24. The average molecular weight is 337 g/mol. The Balaban J connectivity index is 1.54. The molecule has 2 fully saturated rings. The Morgan fingerprint density at radius 1 is 1.12 bits per heavy atom. The Labute approximate surface area is 141 Å². The zero-order valence-electron chi connectivity index (χ0n) is 14.1. The molecule has 1 amide bonds. The van der Waals surface area contributed by atoms with Crippen LogP contribution in [0.3, 0.4) is 0 Å². The van der Waals surface area contributed by atoms with Crippen LogP contribution in [0, 0.1) is 11.6 Å². The predicted molar refractivity (Wildman–Crippen MR) is 90.0 cm³/mol. The molecule has 1 aromatic carbocycles. The van der Waals surface area contributed by atoms with Gasteiger partial charge in [0.1, 0.15) is 0 Å². The quantitative estimate of drug-likeness (QED) is 0.921. The molecular weight excluding hydrogens is 312 g/mol. The SMILES string of the molecule is CC(=O)N[C@H]1CCCN(C2CCN(c3ccc(F)c(F)c3)CC2)C1. The minimum Gasteiger partial charge on any atom is -0.371 e. The van der Waals surface area contributed by atoms with Crippen LogP contribution < -0.4 is 10.2 Å². The minimum atomic E-state index is -0.800. The van der Waals surface area contributed by atoms with E-state index in [0.29, 0.717) is 6.04 Å². The summed E-state index contributed by atoms with van der Waals surface area (Å²) < 4.78 is 26.5. The van der Waals surface area contributed by atoms with Gasteiger partial charge in [-0.1, -0.05) is 0 Å². The highest BCUT2D eigenvalue weighted by Gasteiger charge is 2.29. The van der Waals surface area contributed by atoms with Gasteiger partial charge in [0.25, 0.3) is 0 Å². The minimum absolute atomic E-state index is 0.0370. The van der Waals surface area contributed by atoms with Gasteiger partial charge in [-0.25, -0.2) is 8.78 Å². The average Bonchev–Trinajstić information content (AvgIpc) is 2.57. The van der Waals surface area contributed by atoms with E-state index in [1.165, 1.54) is 12.1 Å². The topological polar surface area (TPSA) is 35.6 Å². The van der Waals surface area contributed by atoms with E-state index in [-0.39, 0.29) is 11.9 Å². The maximum Gasteiger partial charge on any atom is 0.217 e. The van der Waals surface area contributed by atoms with Gasteiger partial charge in [-0.2, -0.15) is 0 Å². The summed E-state index contributed by atoms with van der Waals surface area (Å²) >= 11 is 0. The highest BCUT2D eigenvalue weighted by atomic mass is 19.2. The fourth-order valence-electron chi connectivity index (χ4n) is 3.91. The van der Waals surface area contributed by atoms with Crippen molar-refractivity contribution in [3.05, 3.63) is 29.8 Å². The number of carbonyl (C=O) groups is 1. The molecule has 3 rings (SSSR count). The largest absolute Gasteiger partial charge is 0.371 e. The molecule has 0 aromatic heterocycles. The van der Waals surface area contributed by atoms with Crippen LogP contribution in [-0.4, -0.2) is 49.1 Å². The molecule has 2 aliphatic heterocycles. The number of likely N-dealkylation sites (tertiary alicyclic amines) is 1. The number of benzene rings is 1. The van der Waals surface area contributed by atoms with Crippen molar-refractivity contribution in [2.75, 3.05) is 31.1 Å². The normalized spacial score (nSPS) is 23.3. The van der Waals surface area contributed by atoms with Crippen LogP contribution in [-0.2, 0) is 4.79 Å². The zero-order valence-corrected chi connectivity index (χ0v) is 14.1. The molecule has 0 saturated carbocycles. The summed E-state index contributed by atoms with van der Waals surface area (Å²) in [6, 6.07) is 4.87. The fraction of sp³-hybridized carbons (Fsp3) is 0.611. The van der Waals surface area contributed by atoms with E-state index in [2.05, 4.69) is 15.1 Å². The first-order valence-electron chi connectivity index (χ1n) is 8.74. The number of hydrogen-bond acceptors (Lipinski definition) is 3. The molecule has 24 heavy (non-hydrogen) atoms. The number of carbonyl (C=O) groups excluding carboxylic acids is 1. The monoisotopic (exact) mass is 337 g/mol. The summed E-state index contributed by atoms with van der Waals surface area (Å²) in [5.41, 5.74) is 0.752. The van der Waals surface area contributed by atoms with Gasteiger partial charge in [0, 0.05) is 50.4 Å². The second-order valence-electron chi connectivity index (χ2n) is 6.85. The second-order valence-corrected chi connectivity index (χ2v) is 6.85. The Morgan fingerprint density at radius 2 is 1.88 bits per heavy atom. The highest BCUT2D eigenvalue weighted by molar-refractivity contribution is 5.73. The van der Waals surface area contributed by atoms with Gasteiger partial charge in [0.2, 0.25) is 5.91 Å². The molecule has 2 saturated heterocycles. The molecule has 0 bridgehead atoms. The van der Waals surface area contributed by atoms with Gasteiger partial charge in [-0.3, -0.25) is 9.69 Å². The van der Waals surface area contributed by atoms with Gasteiger partial charge in [-0.15, -0.1) is 0 Å². The van der Waals surface area contributed by atoms with E-state index in [1.807, 2.05) is 0 Å². The number of hydrogen-bond donors (Lipinski definition) is 1. The Hall–Kier alpha value is -1.69. The zero-order chi connectivity index (χ0) is 17.1. The van der Waals surface area contributed by atoms with Crippen LogP contribution in [0.25, 0.3) is 0 Å². The number of nitrogens with one attached hydrogen (secondary N) is 1. The Morgan fingerprint density at radius 3 is 2.54 bits per heavy atom. The molecule has 6 heteroatoms. The fourth-order valence-corrected chi connectivity index (χ4v) is 3.91. The van der Waals surface area contributed by atoms with Crippen molar-refractivity contribution in [1.29, 1.82) is 0 Å². The predicted octanol–water partition coefficient (Wildman–Crippen LogP) is 2.53. The van der Waals surface area contributed by atoms with Crippen LogP contribution >= 0.6 is 0 Å². The standard InChI is InChI=1S/C18H25F2N3O/c1-13(24)21-14-3-2-8-23(12-14)15-6-9-22(10-7-15)16-4-5-17(19)18(20)11-16/h4-5,11,14-15H,2-3,6-10,12H2,1H3,(H,21,24)/t14-/m0/s1. The lowest BCUT2D eigenvalue weighted by Crippen LogP contribution is -2.53. The van der Waals surface area contributed by atoms with Gasteiger partial charge in [0.05, 0.1) is 0 Å². The summed E-state index contributed by atoms with van der Waals surface area (Å²) in [5, 5.41) is 3.03. The third kappa shape index (κ3) is 4.04. The number of rotatable bonds is 3. The number of anilines is 1. The van der Waals surface area contributed by atoms with Crippen molar-refractivity contribution >= 4 is 11.6 Å². The summed E-state index contributed by atoms with van der Waals surface area (Å²) in [4.78, 5) is 15.9. The second kappa shape index (κ2) is 7.47. The highest BCUT2D eigenvalue weighted by Crippen LogP contribution is 2.25. The Bertz CT molecular complexity index is 588. The summed E-state index contributed by atoms with van der Waals surface area (Å²) in [6.07, 6.45) is 4.16. The van der Waals surface area contributed by atoms with Crippen molar-refractivity contribution in [2.45, 2.75) is 44.7 Å². The molecule has 2 aliphatic rings. The van der Waals surface area contributed by atoms with E-state index >= 15 is 0 Å². The molecule has 1 aromatic rings. The molecule has 1 atom stereocenters. The molecule has 4 nitrogen and oxygen atoms in total. The number of amides is 1. The van der Waals surface area contributed by atoms with Crippen LogP contribution in [0.1, 0.15) is 32.6 Å². The molecule has 0 aliphatic carbocycles. The van der Waals surface area contributed by atoms with E-state index in [1.54, 1.807) is 13.0 Å². The van der Waals surface area contributed by atoms with Gasteiger partial charge in [-0.05, 0) is 44.4 Å². The Kier molecular flexibility index (Phi) is 5.33. The molecule has 2 heterocycles. The van der Waals surface area contributed by atoms with Crippen LogP contribution in [0.15, 0.2) is 18.2 Å². The van der Waals surface area contributed by atoms with Crippen molar-refractivity contribution < 1.29 is 13.6 Å². The van der Waals surface area contributed by atoms with Gasteiger partial charge < -0.3 is 10.2 Å². The lowest BCUT2D eigenvalue weighted by molar-refractivity contribution is -0.120. The number of piperidine rings is 2. The molecular formula is C18H25F2N3O. The van der Waals surface area contributed by atoms with Crippen molar-refractivity contribution in [1.82, 2.24) is 10.2 Å². The van der Waals surface area contributed by atoms with E-state index < -0.39 is 11.6 Å². The third-order valence-electron chi connectivity index (χ3n) is 5.11. The summed E-state index contributed by atoms with van der Waals surface area (Å²) in [5.74, 6) is -1.55. The smallest absolute Gasteiger partial charge is 0.217 e. The van der Waals surface area contributed by atoms with Crippen molar-refractivity contribution in [3.8, 4) is 0 Å². The van der Waals surface area contributed by atoms with Gasteiger partial charge in [0.15, 0.2) is 11.6 Å². The maximum atomic E-state index is 13.4. The van der Waals surface area contributed by atoms with E-state index in [9.17, 15) is 13.6 Å². The molecule has 0 unspecified atom stereocenters. The first-order chi connectivity index (χ1) is 11.5. The van der Waals surface area contributed by atoms with E-state index in [0.717, 1.165) is 57.5 Å². The summed E-state index contributed by atoms with van der Waals surface area (Å²) in [7, 11) is 0. The van der Waals surface area contributed by atoms with E-state index in [4.69, 9.17) is 0 Å². The lowest BCUT2D eigenvalue weighted by Gasteiger charge is -2.43. The number of nitrogens with zero attached hydrogens (tertiary/aromatic N) is 2. The van der Waals surface area contributed by atoms with Gasteiger partial charge >= 0.3 is 0 Å². The maximum absolute atomic E-state index is 13.4. The van der Waals surface area contributed by atoms with Crippen LogP contribution in [0.5, 0.6) is 0 Å². The van der Waals surface area contributed by atoms with Crippen molar-refractivity contribution in [2.24, 2.45) is 0 Å². The number of halogens is 2. The molecule has 1 N–H and O–H groups in total. The molecule has 0 spiro atoms. The first-order valence-corrected chi connectivity index (χ1v) is 8.74. The third-order valence-corrected chi connectivity index (χ3v) is 5.11. The first kappa shape index (κ1) is 17.1. The molecule has 0 radical (unpaired) electrons. The van der Waals surface area contributed by atoms with Crippen molar-refractivity contribution in [3.63, 3.8) is 0 Å². The molecule has 132 valence electrons.